The molecule has 5 heteroatoms. The van der Waals surface area contributed by atoms with Crippen LogP contribution in [0.1, 0.15) is 24.1 Å². The van der Waals surface area contributed by atoms with Crippen LogP contribution in [0.4, 0.5) is 11.4 Å². The SMILES string of the molecule is Cc1cc([N+](=O)[O-])ccc1NC(C)c1cccc(Cl)c1. The van der Waals surface area contributed by atoms with Crippen molar-refractivity contribution in [1.29, 1.82) is 0 Å². The van der Waals surface area contributed by atoms with E-state index in [0.717, 1.165) is 16.8 Å². The Balaban J connectivity index is 2.19. The summed E-state index contributed by atoms with van der Waals surface area (Å²) < 4.78 is 0. The quantitative estimate of drug-likeness (QED) is 0.654. The van der Waals surface area contributed by atoms with E-state index in [1.165, 1.54) is 6.07 Å². The fourth-order valence-corrected chi connectivity index (χ4v) is 2.21. The van der Waals surface area contributed by atoms with Crippen LogP contribution in [-0.4, -0.2) is 4.92 Å². The summed E-state index contributed by atoms with van der Waals surface area (Å²) in [5.74, 6) is 0. The molecule has 0 radical (unpaired) electrons. The van der Waals surface area contributed by atoms with E-state index in [9.17, 15) is 10.1 Å². The maximum Gasteiger partial charge on any atom is 0.269 e. The highest BCUT2D eigenvalue weighted by atomic mass is 35.5. The summed E-state index contributed by atoms with van der Waals surface area (Å²) in [6.07, 6.45) is 0. The topological polar surface area (TPSA) is 55.2 Å². The number of hydrogen-bond donors (Lipinski definition) is 1. The average molecular weight is 291 g/mol. The lowest BCUT2D eigenvalue weighted by Crippen LogP contribution is -2.07. The van der Waals surface area contributed by atoms with Gasteiger partial charge in [0.15, 0.2) is 0 Å². The number of nitrogens with zero attached hydrogens (tertiary/aromatic N) is 1. The predicted molar refractivity (Wildman–Crippen MR) is 81.3 cm³/mol. The molecule has 4 nitrogen and oxygen atoms in total. The van der Waals surface area contributed by atoms with Gasteiger partial charge in [-0.1, -0.05) is 23.7 Å². The predicted octanol–water partition coefficient (Wildman–Crippen LogP) is 4.73. The Labute approximate surface area is 122 Å². The van der Waals surface area contributed by atoms with Crippen LogP contribution in [-0.2, 0) is 0 Å². The van der Waals surface area contributed by atoms with Gasteiger partial charge in [0.05, 0.1) is 4.92 Å². The third kappa shape index (κ3) is 3.27. The van der Waals surface area contributed by atoms with Crippen LogP contribution in [0.15, 0.2) is 42.5 Å². The van der Waals surface area contributed by atoms with Crippen molar-refractivity contribution in [2.45, 2.75) is 19.9 Å². The summed E-state index contributed by atoms with van der Waals surface area (Å²) in [6, 6.07) is 12.5. The van der Waals surface area contributed by atoms with E-state index in [1.54, 1.807) is 12.1 Å². The minimum Gasteiger partial charge on any atom is -0.378 e. The molecule has 0 aliphatic heterocycles. The second-order valence-corrected chi connectivity index (χ2v) is 5.11. The second kappa shape index (κ2) is 5.92. The summed E-state index contributed by atoms with van der Waals surface area (Å²) in [6.45, 7) is 3.87. The number of nitro benzene ring substituents is 1. The lowest BCUT2D eigenvalue weighted by Gasteiger charge is -2.17. The van der Waals surface area contributed by atoms with Crippen molar-refractivity contribution in [3.63, 3.8) is 0 Å². The van der Waals surface area contributed by atoms with E-state index >= 15 is 0 Å². The maximum atomic E-state index is 10.7. The molecule has 2 rings (SSSR count). The van der Waals surface area contributed by atoms with Crippen LogP contribution in [0.3, 0.4) is 0 Å². The molecule has 0 fully saturated rings. The number of nitro groups is 1. The van der Waals surface area contributed by atoms with Crippen molar-refractivity contribution in [2.24, 2.45) is 0 Å². The Morgan fingerprint density at radius 3 is 2.60 bits per heavy atom. The zero-order valence-corrected chi connectivity index (χ0v) is 12.0. The molecule has 0 spiro atoms. The molecule has 1 atom stereocenters. The summed E-state index contributed by atoms with van der Waals surface area (Å²) >= 11 is 5.98. The highest BCUT2D eigenvalue weighted by molar-refractivity contribution is 6.30. The van der Waals surface area contributed by atoms with Crippen molar-refractivity contribution in [2.75, 3.05) is 5.32 Å². The van der Waals surface area contributed by atoms with Crippen LogP contribution >= 0.6 is 11.6 Å². The highest BCUT2D eigenvalue weighted by Gasteiger charge is 2.11. The van der Waals surface area contributed by atoms with Gasteiger partial charge in [-0.15, -0.1) is 0 Å². The molecule has 0 aromatic heterocycles. The number of aryl methyl sites for hydroxylation is 1. The van der Waals surface area contributed by atoms with Gasteiger partial charge in [-0.05, 0) is 43.2 Å². The van der Waals surface area contributed by atoms with Gasteiger partial charge >= 0.3 is 0 Å². The molecule has 0 aliphatic carbocycles. The van der Waals surface area contributed by atoms with Crippen LogP contribution in [0, 0.1) is 17.0 Å². The van der Waals surface area contributed by atoms with Crippen molar-refractivity contribution in [1.82, 2.24) is 0 Å². The van der Waals surface area contributed by atoms with Gasteiger partial charge in [-0.25, -0.2) is 0 Å². The van der Waals surface area contributed by atoms with Crippen molar-refractivity contribution >= 4 is 23.0 Å². The normalized spacial score (nSPS) is 11.9. The smallest absolute Gasteiger partial charge is 0.269 e. The summed E-state index contributed by atoms with van der Waals surface area (Å²) in [7, 11) is 0. The highest BCUT2D eigenvalue weighted by Crippen LogP contribution is 2.26. The fraction of sp³-hybridized carbons (Fsp3) is 0.200. The van der Waals surface area contributed by atoms with Gasteiger partial charge in [0.25, 0.3) is 5.69 Å². The van der Waals surface area contributed by atoms with Gasteiger partial charge in [0.1, 0.15) is 0 Å². The largest absolute Gasteiger partial charge is 0.378 e. The van der Waals surface area contributed by atoms with Gasteiger partial charge in [-0.3, -0.25) is 10.1 Å². The van der Waals surface area contributed by atoms with Gasteiger partial charge in [-0.2, -0.15) is 0 Å². The molecule has 20 heavy (non-hydrogen) atoms. The minimum absolute atomic E-state index is 0.0638. The van der Waals surface area contributed by atoms with Gasteiger partial charge < -0.3 is 5.32 Å². The summed E-state index contributed by atoms with van der Waals surface area (Å²) in [4.78, 5) is 10.3. The minimum atomic E-state index is -0.392. The van der Waals surface area contributed by atoms with E-state index in [2.05, 4.69) is 5.32 Å². The van der Waals surface area contributed by atoms with Crippen molar-refractivity contribution in [3.05, 3.63) is 68.7 Å². The lowest BCUT2D eigenvalue weighted by molar-refractivity contribution is -0.384. The molecule has 0 aliphatic rings. The number of non-ortho nitro benzene ring substituents is 1. The molecule has 0 bridgehead atoms. The number of anilines is 1. The zero-order valence-electron chi connectivity index (χ0n) is 11.3. The van der Waals surface area contributed by atoms with Crippen LogP contribution in [0.5, 0.6) is 0 Å². The Bertz CT molecular complexity index is 644. The second-order valence-electron chi connectivity index (χ2n) is 4.68. The molecule has 104 valence electrons. The molecule has 1 unspecified atom stereocenters. The number of hydrogen-bond acceptors (Lipinski definition) is 3. The monoisotopic (exact) mass is 290 g/mol. The average Bonchev–Trinajstić information content (AvgIpc) is 2.40. The molecule has 2 aromatic rings. The molecule has 0 amide bonds. The Morgan fingerprint density at radius 2 is 2.00 bits per heavy atom. The molecule has 1 N–H and O–H groups in total. The van der Waals surface area contributed by atoms with Crippen LogP contribution < -0.4 is 5.32 Å². The first-order chi connectivity index (χ1) is 9.47. The number of benzene rings is 2. The molecular weight excluding hydrogens is 276 g/mol. The first-order valence-corrected chi connectivity index (χ1v) is 6.62. The van der Waals surface area contributed by atoms with Crippen LogP contribution in [0.2, 0.25) is 5.02 Å². The van der Waals surface area contributed by atoms with E-state index < -0.39 is 4.92 Å². The van der Waals surface area contributed by atoms with E-state index in [0.29, 0.717) is 5.02 Å². The molecule has 0 saturated carbocycles. The third-order valence-corrected chi connectivity index (χ3v) is 3.38. The zero-order chi connectivity index (χ0) is 14.7. The Kier molecular flexibility index (Phi) is 4.25. The molecule has 0 saturated heterocycles. The third-order valence-electron chi connectivity index (χ3n) is 3.14. The molecular formula is C15H15ClN2O2. The number of halogens is 1. The van der Waals surface area contributed by atoms with E-state index in [1.807, 2.05) is 38.1 Å². The maximum absolute atomic E-state index is 10.7. The Morgan fingerprint density at radius 1 is 1.25 bits per heavy atom. The molecule has 0 heterocycles. The standard InChI is InChI=1S/C15H15ClN2O2/c1-10-8-14(18(19)20)6-7-15(10)17-11(2)12-4-3-5-13(16)9-12/h3-9,11,17H,1-2H3. The van der Waals surface area contributed by atoms with Crippen LogP contribution in [0.25, 0.3) is 0 Å². The lowest BCUT2D eigenvalue weighted by atomic mass is 10.1. The van der Waals surface area contributed by atoms with E-state index in [4.69, 9.17) is 11.6 Å². The Hall–Kier alpha value is -2.07. The van der Waals surface area contributed by atoms with Gasteiger partial charge in [0.2, 0.25) is 0 Å². The van der Waals surface area contributed by atoms with Crippen molar-refractivity contribution < 1.29 is 4.92 Å². The van der Waals surface area contributed by atoms with Gasteiger partial charge in [0, 0.05) is 28.9 Å². The number of nitrogens with one attached hydrogen (secondary N) is 1. The molecule has 2 aromatic carbocycles. The first kappa shape index (κ1) is 14.3. The van der Waals surface area contributed by atoms with E-state index in [-0.39, 0.29) is 11.7 Å². The van der Waals surface area contributed by atoms with Crippen molar-refractivity contribution in [3.8, 4) is 0 Å². The fourth-order valence-electron chi connectivity index (χ4n) is 2.02. The number of rotatable bonds is 4. The first-order valence-electron chi connectivity index (χ1n) is 6.24. The summed E-state index contributed by atoms with van der Waals surface area (Å²) in [5.41, 5.74) is 2.88. The summed E-state index contributed by atoms with van der Waals surface area (Å²) in [5, 5.41) is 14.7.